The van der Waals surface area contributed by atoms with Gasteiger partial charge in [0.1, 0.15) is 5.82 Å². The van der Waals surface area contributed by atoms with Crippen LogP contribution >= 0.6 is 12.0 Å². The lowest BCUT2D eigenvalue weighted by Gasteiger charge is -2.10. The fraction of sp³-hybridized carbons (Fsp3) is 0.357. The summed E-state index contributed by atoms with van der Waals surface area (Å²) in [4.78, 5) is 24.9. The molecular weight excluding hydrogens is 327 g/mol. The van der Waals surface area contributed by atoms with E-state index in [1.54, 1.807) is 13.8 Å². The lowest BCUT2D eigenvalue weighted by atomic mass is 10.2. The smallest absolute Gasteiger partial charge is 0.362 e. The van der Waals surface area contributed by atoms with E-state index in [0.717, 1.165) is 6.07 Å². The first-order valence-electron chi connectivity index (χ1n) is 6.79. The van der Waals surface area contributed by atoms with Gasteiger partial charge in [-0.15, -0.1) is 0 Å². The van der Waals surface area contributed by atoms with Crippen molar-refractivity contribution in [3.8, 4) is 5.88 Å². The molecule has 1 aromatic heterocycles. The van der Waals surface area contributed by atoms with Crippen LogP contribution in [0.15, 0.2) is 17.0 Å². The van der Waals surface area contributed by atoms with E-state index in [2.05, 4.69) is 19.2 Å². The number of rotatable bonds is 7. The zero-order valence-electron chi connectivity index (χ0n) is 12.8. The fourth-order valence-electron chi connectivity index (χ4n) is 1.75. The van der Waals surface area contributed by atoms with Crippen LogP contribution in [0.4, 0.5) is 4.39 Å². The molecule has 0 atom stereocenters. The van der Waals surface area contributed by atoms with Gasteiger partial charge >= 0.3 is 5.97 Å². The van der Waals surface area contributed by atoms with Crippen molar-refractivity contribution in [3.63, 3.8) is 0 Å². The molecule has 0 aliphatic heterocycles. The van der Waals surface area contributed by atoms with Gasteiger partial charge in [-0.3, -0.25) is 0 Å². The van der Waals surface area contributed by atoms with E-state index < -0.39 is 11.8 Å². The van der Waals surface area contributed by atoms with Gasteiger partial charge < -0.3 is 9.47 Å². The first-order valence-corrected chi connectivity index (χ1v) is 7.53. The summed E-state index contributed by atoms with van der Waals surface area (Å²) in [5.74, 6) is -1.21. The van der Waals surface area contributed by atoms with Crippen LogP contribution in [-0.4, -0.2) is 36.3 Å². The zero-order valence-corrected chi connectivity index (χ0v) is 13.6. The molecule has 1 aromatic carbocycles. The minimum absolute atomic E-state index is 0.0358. The summed E-state index contributed by atoms with van der Waals surface area (Å²) in [6, 6.07) is 2.58. The number of esters is 1. The second kappa shape index (κ2) is 8.04. The third-order valence-electron chi connectivity index (χ3n) is 2.63. The van der Waals surface area contributed by atoms with E-state index in [0.29, 0.717) is 24.2 Å². The predicted molar refractivity (Wildman–Crippen MR) is 80.6 cm³/mol. The number of carbonyl (C=O) groups is 1. The molecule has 0 radical (unpaired) electrons. The quantitative estimate of drug-likeness (QED) is 0.329. The Balaban J connectivity index is 2.52. The van der Waals surface area contributed by atoms with Gasteiger partial charge in [-0.1, -0.05) is 0 Å². The van der Waals surface area contributed by atoms with E-state index in [-0.39, 0.29) is 28.6 Å². The second-order valence-electron chi connectivity index (χ2n) is 4.12. The van der Waals surface area contributed by atoms with Gasteiger partial charge in [0.15, 0.2) is 0 Å². The SMILES string of the molecule is CCOC(=O)c1nc2cc(F)c(SOOC)cc2nc1OCC. The molecule has 124 valence electrons. The minimum atomic E-state index is -0.674. The maximum atomic E-state index is 14.0. The summed E-state index contributed by atoms with van der Waals surface area (Å²) in [5.41, 5.74) is 0.468. The molecule has 0 saturated carbocycles. The van der Waals surface area contributed by atoms with Crippen LogP contribution < -0.4 is 4.74 Å². The number of fused-ring (bicyclic) bond motifs is 1. The molecule has 2 aromatic rings. The summed E-state index contributed by atoms with van der Waals surface area (Å²) < 4.78 is 28.9. The van der Waals surface area contributed by atoms with Crippen molar-refractivity contribution in [1.29, 1.82) is 0 Å². The highest BCUT2D eigenvalue weighted by Crippen LogP contribution is 2.28. The van der Waals surface area contributed by atoms with Crippen molar-refractivity contribution < 1.29 is 27.9 Å². The molecule has 0 aliphatic rings. The van der Waals surface area contributed by atoms with E-state index >= 15 is 0 Å². The molecule has 0 amide bonds. The van der Waals surface area contributed by atoms with Crippen molar-refractivity contribution in [2.24, 2.45) is 0 Å². The number of aromatic nitrogens is 2. The number of ether oxygens (including phenoxy) is 2. The molecule has 23 heavy (non-hydrogen) atoms. The lowest BCUT2D eigenvalue weighted by Crippen LogP contribution is -2.12. The Labute approximate surface area is 136 Å². The largest absolute Gasteiger partial charge is 0.476 e. The number of halogens is 1. The van der Waals surface area contributed by atoms with E-state index in [9.17, 15) is 9.18 Å². The average molecular weight is 342 g/mol. The molecule has 0 spiro atoms. The topological polar surface area (TPSA) is 79.8 Å². The highest BCUT2D eigenvalue weighted by Gasteiger charge is 2.20. The third-order valence-corrected chi connectivity index (χ3v) is 3.32. The standard InChI is InChI=1S/C14H15FN2O5S/c1-4-20-13-12(14(18)21-5-2)16-9-6-8(15)11(23-22-19-3)7-10(9)17-13/h6-7H,4-5H2,1-3H3. The fourth-order valence-corrected chi connectivity index (χ4v) is 2.19. The maximum Gasteiger partial charge on any atom is 0.362 e. The summed E-state index contributed by atoms with van der Waals surface area (Å²) in [5, 5.41) is 0. The van der Waals surface area contributed by atoms with Gasteiger partial charge in [0.25, 0.3) is 0 Å². The molecule has 0 fully saturated rings. The molecule has 7 nitrogen and oxygen atoms in total. The Hall–Kier alpha value is -1.97. The Morgan fingerprint density at radius 3 is 2.61 bits per heavy atom. The first kappa shape index (κ1) is 17.4. The van der Waals surface area contributed by atoms with Crippen LogP contribution in [0.3, 0.4) is 0 Å². The predicted octanol–water partition coefficient (Wildman–Crippen LogP) is 2.93. The first-order chi connectivity index (χ1) is 11.1. The monoisotopic (exact) mass is 342 g/mol. The third kappa shape index (κ3) is 4.06. The molecule has 1 heterocycles. The van der Waals surface area contributed by atoms with Crippen molar-refractivity contribution in [2.45, 2.75) is 18.7 Å². The number of hydrogen-bond acceptors (Lipinski definition) is 8. The van der Waals surface area contributed by atoms with Crippen molar-refractivity contribution in [2.75, 3.05) is 20.3 Å². The molecule has 0 saturated heterocycles. The minimum Gasteiger partial charge on any atom is -0.476 e. The summed E-state index contributed by atoms with van der Waals surface area (Å²) in [6.45, 7) is 3.90. The lowest BCUT2D eigenvalue weighted by molar-refractivity contribution is -0.160. The van der Waals surface area contributed by atoms with Gasteiger partial charge in [0.05, 0.1) is 48.3 Å². The van der Waals surface area contributed by atoms with Crippen molar-refractivity contribution in [1.82, 2.24) is 9.97 Å². The van der Waals surface area contributed by atoms with Gasteiger partial charge in [-0.2, -0.15) is 4.33 Å². The highest BCUT2D eigenvalue weighted by molar-refractivity contribution is 7.94. The molecule has 0 bridgehead atoms. The van der Waals surface area contributed by atoms with Crippen LogP contribution in [0.1, 0.15) is 24.3 Å². The van der Waals surface area contributed by atoms with E-state index in [1.807, 2.05) is 0 Å². The zero-order chi connectivity index (χ0) is 16.8. The van der Waals surface area contributed by atoms with Crippen molar-refractivity contribution in [3.05, 3.63) is 23.6 Å². The Morgan fingerprint density at radius 1 is 1.22 bits per heavy atom. The number of nitrogens with zero attached hydrogens (tertiary/aromatic N) is 2. The molecule has 0 aliphatic carbocycles. The van der Waals surface area contributed by atoms with Crippen LogP contribution in [0, 0.1) is 5.82 Å². The Bertz CT molecular complexity index is 713. The Morgan fingerprint density at radius 2 is 1.96 bits per heavy atom. The maximum absolute atomic E-state index is 14.0. The molecule has 2 rings (SSSR count). The highest BCUT2D eigenvalue weighted by atomic mass is 32.2. The van der Waals surface area contributed by atoms with E-state index in [1.165, 1.54) is 13.2 Å². The summed E-state index contributed by atoms with van der Waals surface area (Å²) in [6.07, 6.45) is 0. The van der Waals surface area contributed by atoms with Crippen molar-refractivity contribution >= 4 is 29.0 Å². The molecule has 0 unspecified atom stereocenters. The molecule has 9 heteroatoms. The van der Waals surface area contributed by atoms with Crippen LogP contribution in [0.25, 0.3) is 11.0 Å². The van der Waals surface area contributed by atoms with Gasteiger partial charge in [-0.05, 0) is 19.9 Å². The van der Waals surface area contributed by atoms with Crippen LogP contribution in [0.2, 0.25) is 0 Å². The average Bonchev–Trinajstić information content (AvgIpc) is 2.53. The summed E-state index contributed by atoms with van der Waals surface area (Å²) >= 11 is 0.702. The number of hydrogen-bond donors (Lipinski definition) is 0. The second-order valence-corrected chi connectivity index (χ2v) is 4.86. The van der Waals surface area contributed by atoms with Gasteiger partial charge in [0.2, 0.25) is 11.6 Å². The molecular formula is C14H15FN2O5S. The normalized spacial score (nSPS) is 10.8. The number of carbonyl (C=O) groups excluding carboxylic acids is 1. The van der Waals surface area contributed by atoms with Gasteiger partial charge in [0, 0.05) is 6.07 Å². The van der Waals surface area contributed by atoms with E-state index in [4.69, 9.17) is 9.47 Å². The van der Waals surface area contributed by atoms with Crippen LogP contribution in [0.5, 0.6) is 5.88 Å². The Kier molecular flexibility index (Phi) is 6.08. The van der Waals surface area contributed by atoms with Gasteiger partial charge in [-0.25, -0.2) is 24.0 Å². The molecule has 0 N–H and O–H groups in total. The number of benzene rings is 1. The summed E-state index contributed by atoms with van der Waals surface area (Å²) in [7, 11) is 1.31. The van der Waals surface area contributed by atoms with Crippen LogP contribution in [-0.2, 0) is 14.0 Å².